The Morgan fingerprint density at radius 2 is 1.80 bits per heavy atom. The van der Waals surface area contributed by atoms with E-state index in [-0.39, 0.29) is 16.8 Å². The molecule has 0 unspecified atom stereocenters. The van der Waals surface area contributed by atoms with Gasteiger partial charge in [-0.15, -0.1) is 0 Å². The predicted octanol–water partition coefficient (Wildman–Crippen LogP) is 5.58. The second-order valence-corrected chi connectivity index (χ2v) is 14.0. The van der Waals surface area contributed by atoms with Gasteiger partial charge in [-0.25, -0.2) is 13.4 Å². The molecule has 2 heterocycles. The number of carbonyl (C=O) groups excluding carboxylic acids is 1. The Morgan fingerprint density at radius 1 is 1.10 bits per heavy atom. The van der Waals surface area contributed by atoms with Gasteiger partial charge in [0.05, 0.1) is 28.3 Å². The molecule has 2 aliphatic rings. The summed E-state index contributed by atoms with van der Waals surface area (Å²) in [4.78, 5) is 23.0. The molecule has 1 aromatic heterocycles. The molecule has 0 spiro atoms. The summed E-state index contributed by atoms with van der Waals surface area (Å²) in [5, 5.41) is 1.26. The summed E-state index contributed by atoms with van der Waals surface area (Å²) in [5.41, 5.74) is 2.12. The van der Waals surface area contributed by atoms with Crippen molar-refractivity contribution in [2.75, 3.05) is 51.3 Å². The summed E-state index contributed by atoms with van der Waals surface area (Å²) in [5.74, 6) is -0.200. The van der Waals surface area contributed by atoms with Gasteiger partial charge in [0.15, 0.2) is 5.13 Å². The summed E-state index contributed by atoms with van der Waals surface area (Å²) in [6.07, 6.45) is 5.82. The standard InChI is InChI=1S/C29H37ClN4O4S2/c1-21-25(30)13-14-26-27(21)31-29(39-26)34(16-6-15-33-17-19-38-20-18-33)28(35)22-9-11-24(12-10-22)40(36,37)32(2)23-7-4-3-5-8-23/h9-14,23H,3-8,15-20H2,1-2H3. The fraction of sp³-hybridized carbons (Fsp3) is 0.517. The van der Waals surface area contributed by atoms with E-state index in [0.717, 1.165) is 87.2 Å². The summed E-state index contributed by atoms with van der Waals surface area (Å²) >= 11 is 7.81. The van der Waals surface area contributed by atoms with E-state index >= 15 is 0 Å². The van der Waals surface area contributed by atoms with Crippen molar-refractivity contribution in [3.05, 3.63) is 52.5 Å². The van der Waals surface area contributed by atoms with E-state index in [1.165, 1.54) is 15.6 Å². The van der Waals surface area contributed by atoms with Crippen LogP contribution in [-0.4, -0.2) is 81.0 Å². The van der Waals surface area contributed by atoms with Gasteiger partial charge in [-0.2, -0.15) is 4.31 Å². The first-order valence-corrected chi connectivity index (χ1v) is 16.6. The average molecular weight is 605 g/mol. The lowest BCUT2D eigenvalue weighted by atomic mass is 9.96. The smallest absolute Gasteiger partial charge is 0.260 e. The van der Waals surface area contributed by atoms with Crippen molar-refractivity contribution >= 4 is 54.2 Å². The molecule has 0 atom stereocenters. The van der Waals surface area contributed by atoms with Gasteiger partial charge >= 0.3 is 0 Å². The van der Waals surface area contributed by atoms with Crippen molar-refractivity contribution in [2.45, 2.75) is 56.4 Å². The zero-order valence-electron chi connectivity index (χ0n) is 23.1. The highest BCUT2D eigenvalue weighted by atomic mass is 35.5. The van der Waals surface area contributed by atoms with Crippen molar-refractivity contribution in [3.63, 3.8) is 0 Å². The molecule has 1 aliphatic heterocycles. The second-order valence-electron chi connectivity index (χ2n) is 10.6. The predicted molar refractivity (Wildman–Crippen MR) is 161 cm³/mol. The van der Waals surface area contributed by atoms with Crippen LogP contribution in [0.5, 0.6) is 0 Å². The maximum atomic E-state index is 13.9. The lowest BCUT2D eigenvalue weighted by molar-refractivity contribution is 0.0376. The fourth-order valence-corrected chi connectivity index (χ4v) is 8.12. The number of anilines is 1. The number of carbonyl (C=O) groups is 1. The molecular weight excluding hydrogens is 568 g/mol. The number of hydrogen-bond acceptors (Lipinski definition) is 7. The topological polar surface area (TPSA) is 83.0 Å². The molecule has 1 saturated carbocycles. The van der Waals surface area contributed by atoms with Crippen LogP contribution in [0, 0.1) is 6.92 Å². The first-order chi connectivity index (χ1) is 19.3. The number of hydrogen-bond donors (Lipinski definition) is 0. The monoisotopic (exact) mass is 604 g/mol. The van der Waals surface area contributed by atoms with E-state index in [2.05, 4.69) is 4.90 Å². The summed E-state index contributed by atoms with van der Waals surface area (Å²) in [6, 6.07) is 10.2. The third kappa shape index (κ3) is 6.37. The van der Waals surface area contributed by atoms with Crippen LogP contribution < -0.4 is 4.90 Å². The van der Waals surface area contributed by atoms with Gasteiger partial charge in [0.1, 0.15) is 0 Å². The summed E-state index contributed by atoms with van der Waals surface area (Å²) < 4.78 is 34.6. The molecule has 3 aromatic rings. The van der Waals surface area contributed by atoms with Gasteiger partial charge in [-0.05, 0) is 68.1 Å². The minimum atomic E-state index is -3.64. The van der Waals surface area contributed by atoms with Crippen LogP contribution in [0.3, 0.4) is 0 Å². The quantitative estimate of drug-likeness (QED) is 0.317. The largest absolute Gasteiger partial charge is 0.379 e. The maximum absolute atomic E-state index is 13.9. The lowest BCUT2D eigenvalue weighted by Gasteiger charge is -2.30. The number of ether oxygens (including phenoxy) is 1. The van der Waals surface area contributed by atoms with Crippen LogP contribution in [0.2, 0.25) is 5.02 Å². The number of amides is 1. The summed E-state index contributed by atoms with van der Waals surface area (Å²) in [7, 11) is -1.97. The Balaban J connectivity index is 1.38. The lowest BCUT2D eigenvalue weighted by Crippen LogP contribution is -2.39. The second kappa shape index (κ2) is 12.8. The number of aromatic nitrogens is 1. The zero-order chi connectivity index (χ0) is 28.3. The number of fused-ring (bicyclic) bond motifs is 1. The van der Waals surface area contributed by atoms with Crippen LogP contribution in [0.1, 0.15) is 54.4 Å². The third-order valence-electron chi connectivity index (χ3n) is 8.04. The van der Waals surface area contributed by atoms with Crippen molar-refractivity contribution in [1.82, 2.24) is 14.2 Å². The van der Waals surface area contributed by atoms with Gasteiger partial charge in [-0.1, -0.05) is 42.2 Å². The van der Waals surface area contributed by atoms with E-state index in [1.54, 1.807) is 36.2 Å². The zero-order valence-corrected chi connectivity index (χ0v) is 25.5. The molecule has 216 valence electrons. The average Bonchev–Trinajstić information content (AvgIpc) is 3.42. The Labute approximate surface area is 245 Å². The number of rotatable bonds is 9. The highest BCUT2D eigenvalue weighted by Crippen LogP contribution is 2.34. The number of thiazole rings is 1. The van der Waals surface area contributed by atoms with Gasteiger partial charge in [-0.3, -0.25) is 14.6 Å². The van der Waals surface area contributed by atoms with E-state index in [4.69, 9.17) is 21.3 Å². The van der Waals surface area contributed by atoms with Crippen LogP contribution in [-0.2, 0) is 14.8 Å². The minimum absolute atomic E-state index is 0.0259. The van der Waals surface area contributed by atoms with Gasteiger partial charge in [0.2, 0.25) is 10.0 Å². The molecule has 11 heteroatoms. The van der Waals surface area contributed by atoms with Crippen molar-refractivity contribution in [1.29, 1.82) is 0 Å². The fourth-order valence-electron chi connectivity index (χ4n) is 5.50. The van der Waals surface area contributed by atoms with Gasteiger partial charge < -0.3 is 4.74 Å². The van der Waals surface area contributed by atoms with Crippen molar-refractivity contribution in [2.24, 2.45) is 0 Å². The minimum Gasteiger partial charge on any atom is -0.379 e. The van der Waals surface area contributed by atoms with Crippen molar-refractivity contribution < 1.29 is 17.9 Å². The number of nitrogens with zero attached hydrogens (tertiary/aromatic N) is 4. The molecule has 1 aliphatic carbocycles. The van der Waals surface area contributed by atoms with E-state index in [0.29, 0.717) is 22.3 Å². The highest BCUT2D eigenvalue weighted by molar-refractivity contribution is 7.89. The Kier molecular flexibility index (Phi) is 9.44. The van der Waals surface area contributed by atoms with Gasteiger partial charge in [0.25, 0.3) is 5.91 Å². The normalized spacial score (nSPS) is 17.5. The van der Waals surface area contributed by atoms with E-state index in [1.807, 2.05) is 19.1 Å². The highest BCUT2D eigenvalue weighted by Gasteiger charge is 2.30. The molecule has 1 saturated heterocycles. The van der Waals surface area contributed by atoms with Crippen LogP contribution in [0.25, 0.3) is 10.2 Å². The molecule has 1 amide bonds. The molecule has 5 rings (SSSR count). The van der Waals surface area contributed by atoms with Crippen LogP contribution in [0.15, 0.2) is 41.3 Å². The number of halogens is 1. The van der Waals surface area contributed by atoms with Gasteiger partial charge in [0, 0.05) is 49.9 Å². The number of benzene rings is 2. The number of aryl methyl sites for hydroxylation is 1. The first kappa shape index (κ1) is 29.4. The molecular formula is C29H37ClN4O4S2. The Morgan fingerprint density at radius 3 is 2.50 bits per heavy atom. The summed E-state index contributed by atoms with van der Waals surface area (Å²) in [6.45, 7) is 6.51. The van der Waals surface area contributed by atoms with Crippen LogP contribution in [0.4, 0.5) is 5.13 Å². The first-order valence-electron chi connectivity index (χ1n) is 14.0. The van der Waals surface area contributed by atoms with E-state index < -0.39 is 10.0 Å². The molecule has 0 bridgehead atoms. The molecule has 40 heavy (non-hydrogen) atoms. The Bertz CT molecular complexity index is 1430. The third-order valence-corrected chi connectivity index (χ3v) is 11.4. The SMILES string of the molecule is Cc1c(Cl)ccc2sc(N(CCCN3CCOCC3)C(=O)c3ccc(S(=O)(=O)N(C)C4CCCCC4)cc3)nc12. The molecule has 0 radical (unpaired) electrons. The van der Waals surface area contributed by atoms with Crippen molar-refractivity contribution in [3.8, 4) is 0 Å². The number of morpholine rings is 1. The molecule has 8 nitrogen and oxygen atoms in total. The van der Waals surface area contributed by atoms with Crippen LogP contribution >= 0.6 is 22.9 Å². The molecule has 2 fully saturated rings. The Hall–Kier alpha value is -2.08. The molecule has 2 aromatic carbocycles. The van der Waals surface area contributed by atoms with E-state index in [9.17, 15) is 13.2 Å². The maximum Gasteiger partial charge on any atom is 0.260 e. The molecule has 0 N–H and O–H groups in total. The number of sulfonamides is 1.